The molecule has 0 bridgehead atoms. The summed E-state index contributed by atoms with van der Waals surface area (Å²) in [6.45, 7) is 2.42. The summed E-state index contributed by atoms with van der Waals surface area (Å²) >= 11 is 0. The van der Waals surface area contributed by atoms with E-state index in [1.165, 1.54) is 0 Å². The number of aliphatic carboxylic acids is 1. The van der Waals surface area contributed by atoms with Gasteiger partial charge in [-0.2, -0.15) is 0 Å². The zero-order valence-electron chi connectivity index (χ0n) is 11.8. The molecule has 1 aromatic carbocycles. The van der Waals surface area contributed by atoms with Gasteiger partial charge in [0.2, 0.25) is 0 Å². The first-order valence-electron chi connectivity index (χ1n) is 5.95. The molecule has 2 aromatic rings. The summed E-state index contributed by atoms with van der Waals surface area (Å²) in [7, 11) is 1.56. The number of pyridine rings is 1. The molecule has 1 heterocycles. The summed E-state index contributed by atoms with van der Waals surface area (Å²) in [5, 5.41) is 10.6. The van der Waals surface area contributed by atoms with Gasteiger partial charge >= 0.3 is 5.97 Å². The number of hydrogen-bond acceptors (Lipinski definition) is 4. The first-order valence-corrected chi connectivity index (χ1v) is 5.95. The van der Waals surface area contributed by atoms with Gasteiger partial charge in [-0.05, 0) is 30.0 Å². The van der Waals surface area contributed by atoms with E-state index in [2.05, 4.69) is 4.98 Å². The number of carbonyl (C=O) groups is 1. The van der Waals surface area contributed by atoms with Crippen LogP contribution >= 0.6 is 0 Å². The normalized spacial score (nSPS) is 9.90. The van der Waals surface area contributed by atoms with Crippen molar-refractivity contribution in [2.45, 2.75) is 13.3 Å². The first kappa shape index (κ1) is 16.4. The Balaban J connectivity index is 0.00000200. The van der Waals surface area contributed by atoms with Crippen LogP contribution < -0.4 is 9.47 Å². The average molecular weight is 268 g/mol. The van der Waals surface area contributed by atoms with E-state index in [-0.39, 0.29) is 25.3 Å². The maximum Gasteiger partial charge on any atom is 0.307 e. The minimum Gasteiger partial charge on any atom is -0.493 e. The van der Waals surface area contributed by atoms with E-state index >= 15 is 0 Å². The number of hydrogen-bond donors (Lipinski definition) is 1. The van der Waals surface area contributed by atoms with Crippen molar-refractivity contribution in [3.05, 3.63) is 30.1 Å². The average Bonchev–Trinajstić information content (AvgIpc) is 2.38. The molecule has 0 fully saturated rings. The molecule has 1 N–H and O–H groups in total. The van der Waals surface area contributed by atoms with Crippen LogP contribution in [0.5, 0.6) is 11.5 Å². The van der Waals surface area contributed by atoms with Gasteiger partial charge in [-0.1, -0.05) is 0 Å². The zero-order chi connectivity index (χ0) is 13.8. The third-order valence-corrected chi connectivity index (χ3v) is 2.77. The fourth-order valence-corrected chi connectivity index (χ4v) is 1.97. The smallest absolute Gasteiger partial charge is 0.307 e. The van der Waals surface area contributed by atoms with Crippen LogP contribution in [-0.4, -0.2) is 48.6 Å². The molecule has 0 spiro atoms. The first-order chi connectivity index (χ1) is 9.15. The van der Waals surface area contributed by atoms with Gasteiger partial charge in [-0.25, -0.2) is 0 Å². The third kappa shape index (κ3) is 3.44. The van der Waals surface area contributed by atoms with Crippen LogP contribution in [0.25, 0.3) is 10.8 Å². The van der Waals surface area contributed by atoms with Crippen LogP contribution in [-0.2, 0) is 11.2 Å². The van der Waals surface area contributed by atoms with Gasteiger partial charge in [-0.15, -0.1) is 0 Å². The van der Waals surface area contributed by atoms with Crippen LogP contribution in [0.15, 0.2) is 24.5 Å². The predicted octanol–water partition coefficient (Wildman–Crippen LogP) is 1.89. The summed E-state index contributed by atoms with van der Waals surface area (Å²) in [6, 6.07) is 3.61. The van der Waals surface area contributed by atoms with Gasteiger partial charge in [0, 0.05) is 36.6 Å². The Bertz CT molecular complexity index is 615. The van der Waals surface area contributed by atoms with Crippen molar-refractivity contribution in [2.24, 2.45) is 0 Å². The maximum absolute atomic E-state index is 10.9. The van der Waals surface area contributed by atoms with E-state index in [0.717, 1.165) is 10.8 Å². The van der Waals surface area contributed by atoms with Gasteiger partial charge < -0.3 is 14.6 Å². The summed E-state index contributed by atoms with van der Waals surface area (Å²) in [5.74, 6) is 0.334. The van der Waals surface area contributed by atoms with E-state index in [4.69, 9.17) is 14.6 Å². The van der Waals surface area contributed by atoms with Crippen molar-refractivity contribution in [2.75, 3.05) is 13.7 Å². The fraction of sp³-hybridized carbons (Fsp3) is 0.286. The Morgan fingerprint density at radius 1 is 1.30 bits per heavy atom. The molecule has 0 saturated carbocycles. The number of fused-ring (bicyclic) bond motifs is 1. The second-order valence-corrected chi connectivity index (χ2v) is 4.03. The molecule has 0 amide bonds. The SMILES string of the molecule is CCOc1cc2cncc(CC(=O)O)c2cc1OC.[Li]. The second-order valence-electron chi connectivity index (χ2n) is 4.03. The zero-order valence-corrected chi connectivity index (χ0v) is 11.8. The number of carboxylic acids is 1. The van der Waals surface area contributed by atoms with Crippen LogP contribution in [0.2, 0.25) is 0 Å². The second kappa shape index (κ2) is 7.18. The van der Waals surface area contributed by atoms with Crippen LogP contribution in [0.1, 0.15) is 12.5 Å². The van der Waals surface area contributed by atoms with E-state index < -0.39 is 5.97 Å². The van der Waals surface area contributed by atoms with Crippen LogP contribution in [0.3, 0.4) is 0 Å². The van der Waals surface area contributed by atoms with Gasteiger partial charge in [0.25, 0.3) is 0 Å². The largest absolute Gasteiger partial charge is 0.493 e. The van der Waals surface area contributed by atoms with Crippen molar-refractivity contribution in [3.8, 4) is 11.5 Å². The Morgan fingerprint density at radius 3 is 2.65 bits per heavy atom. The third-order valence-electron chi connectivity index (χ3n) is 2.77. The monoisotopic (exact) mass is 268 g/mol. The summed E-state index contributed by atoms with van der Waals surface area (Å²) in [5.41, 5.74) is 0.659. The molecule has 1 radical (unpaired) electrons. The molecule has 5 nitrogen and oxygen atoms in total. The molecular formula is C14H15LiNO4. The Hall–Kier alpha value is -1.70. The number of nitrogens with zero attached hydrogens (tertiary/aromatic N) is 1. The van der Waals surface area contributed by atoms with Crippen molar-refractivity contribution in [1.29, 1.82) is 0 Å². The Kier molecular flexibility index (Phi) is 5.87. The molecule has 0 atom stereocenters. The number of methoxy groups -OCH3 is 1. The van der Waals surface area contributed by atoms with E-state index in [1.807, 2.05) is 13.0 Å². The standard InChI is InChI=1S/C14H15NO4.Li/c1-3-19-13-4-9-7-15-8-10(5-14(16)17)11(9)6-12(13)18-2;/h4,6-8H,3,5H2,1-2H3,(H,16,17);. The summed E-state index contributed by atoms with van der Waals surface area (Å²) in [6.07, 6.45) is 3.18. The van der Waals surface area contributed by atoms with Gasteiger partial charge in [-0.3, -0.25) is 9.78 Å². The van der Waals surface area contributed by atoms with Crippen LogP contribution in [0.4, 0.5) is 0 Å². The van der Waals surface area contributed by atoms with Crippen molar-refractivity contribution >= 4 is 35.6 Å². The molecule has 2 rings (SSSR count). The molecule has 101 valence electrons. The number of rotatable bonds is 5. The Labute approximate surface area is 129 Å². The molecule has 0 saturated heterocycles. The van der Waals surface area contributed by atoms with Gasteiger partial charge in [0.15, 0.2) is 11.5 Å². The number of benzene rings is 1. The quantitative estimate of drug-likeness (QED) is 0.838. The minimum absolute atomic E-state index is 0. The summed E-state index contributed by atoms with van der Waals surface area (Å²) in [4.78, 5) is 14.9. The molecule has 0 aliphatic heterocycles. The molecule has 0 unspecified atom stereocenters. The fourth-order valence-electron chi connectivity index (χ4n) is 1.97. The molecule has 20 heavy (non-hydrogen) atoms. The molecule has 0 aliphatic carbocycles. The minimum atomic E-state index is -0.887. The number of aromatic nitrogens is 1. The van der Waals surface area contributed by atoms with E-state index in [9.17, 15) is 4.79 Å². The van der Waals surface area contributed by atoms with Crippen molar-refractivity contribution < 1.29 is 19.4 Å². The van der Waals surface area contributed by atoms with E-state index in [0.29, 0.717) is 23.7 Å². The topological polar surface area (TPSA) is 68.7 Å². The van der Waals surface area contributed by atoms with Crippen molar-refractivity contribution in [1.82, 2.24) is 4.98 Å². The predicted molar refractivity (Wildman–Crippen MR) is 76.6 cm³/mol. The maximum atomic E-state index is 10.9. The Morgan fingerprint density at radius 2 is 2.05 bits per heavy atom. The van der Waals surface area contributed by atoms with Crippen molar-refractivity contribution in [3.63, 3.8) is 0 Å². The van der Waals surface area contributed by atoms with E-state index in [1.54, 1.807) is 25.6 Å². The van der Waals surface area contributed by atoms with Gasteiger partial charge in [0.05, 0.1) is 20.1 Å². The molecule has 0 aliphatic rings. The molecule has 6 heteroatoms. The van der Waals surface area contributed by atoms with Gasteiger partial charge in [0.1, 0.15) is 0 Å². The molecule has 1 aromatic heterocycles. The number of carboxylic acid groups (broad SMARTS) is 1. The number of ether oxygens (including phenoxy) is 2. The molecular weight excluding hydrogens is 253 g/mol. The summed E-state index contributed by atoms with van der Waals surface area (Å²) < 4.78 is 10.8. The van der Waals surface area contributed by atoms with Crippen LogP contribution in [0, 0.1) is 0 Å².